The number of anilines is 2. The summed E-state index contributed by atoms with van der Waals surface area (Å²) in [6.45, 7) is 1.98. The third-order valence-corrected chi connectivity index (χ3v) is 3.43. The van der Waals surface area contributed by atoms with Gasteiger partial charge < -0.3 is 16.8 Å². The smallest absolute Gasteiger partial charge is 0.252 e. The van der Waals surface area contributed by atoms with Crippen molar-refractivity contribution in [3.05, 3.63) is 52.1 Å². The fourth-order valence-corrected chi connectivity index (χ4v) is 2.09. The zero-order valence-electron chi connectivity index (χ0n) is 10.9. The number of hydrogen-bond acceptors (Lipinski definition) is 4. The van der Waals surface area contributed by atoms with Gasteiger partial charge in [-0.15, -0.1) is 0 Å². The van der Waals surface area contributed by atoms with E-state index in [0.717, 1.165) is 10.0 Å². The van der Waals surface area contributed by atoms with E-state index in [4.69, 9.17) is 11.5 Å². The number of carbonyl (C=O) groups excluding carboxylic acids is 1. The van der Waals surface area contributed by atoms with Gasteiger partial charge in [-0.05, 0) is 30.7 Å². The highest BCUT2D eigenvalue weighted by atomic mass is 79.9. The van der Waals surface area contributed by atoms with E-state index in [1.54, 1.807) is 0 Å². The first-order valence-corrected chi connectivity index (χ1v) is 6.84. The molecule has 5 N–H and O–H groups in total. The molecule has 0 bridgehead atoms. The van der Waals surface area contributed by atoms with Gasteiger partial charge >= 0.3 is 0 Å². The van der Waals surface area contributed by atoms with Gasteiger partial charge in [-0.2, -0.15) is 0 Å². The van der Waals surface area contributed by atoms with Crippen LogP contribution in [0.2, 0.25) is 0 Å². The number of aromatic nitrogens is 1. The second kappa shape index (κ2) is 5.92. The van der Waals surface area contributed by atoms with Crippen LogP contribution in [0.5, 0.6) is 0 Å². The summed E-state index contributed by atoms with van der Waals surface area (Å²) >= 11 is 3.39. The molecule has 5 nitrogen and oxygen atoms in total. The number of hydrogen-bond donors (Lipinski definition) is 3. The quantitative estimate of drug-likeness (QED) is 0.801. The number of pyridine rings is 1. The molecule has 104 valence electrons. The van der Waals surface area contributed by atoms with Crippen molar-refractivity contribution in [1.29, 1.82) is 0 Å². The number of amides is 1. The Morgan fingerprint density at radius 3 is 2.60 bits per heavy atom. The standard InChI is InChI=1S/C14H15BrN4O/c1-8(9-2-4-10(15)5-3-9)19-14-12(13(17)20)6-11(16)7-18-14/h2-8H,16H2,1H3,(H2,17,20)(H,18,19). The van der Waals surface area contributed by atoms with Gasteiger partial charge in [0.05, 0.1) is 17.4 Å². The number of benzene rings is 1. The van der Waals surface area contributed by atoms with E-state index < -0.39 is 5.91 Å². The van der Waals surface area contributed by atoms with E-state index in [0.29, 0.717) is 11.5 Å². The lowest BCUT2D eigenvalue weighted by Crippen LogP contribution is -2.17. The predicted molar refractivity (Wildman–Crippen MR) is 83.3 cm³/mol. The van der Waals surface area contributed by atoms with Crippen LogP contribution in [0.4, 0.5) is 11.5 Å². The van der Waals surface area contributed by atoms with Crippen molar-refractivity contribution in [3.63, 3.8) is 0 Å². The lowest BCUT2D eigenvalue weighted by atomic mass is 10.1. The average Bonchev–Trinajstić information content (AvgIpc) is 2.41. The molecule has 2 aromatic rings. The van der Waals surface area contributed by atoms with Crippen LogP contribution in [-0.4, -0.2) is 10.9 Å². The summed E-state index contributed by atoms with van der Waals surface area (Å²) in [5.41, 5.74) is 12.7. The highest BCUT2D eigenvalue weighted by molar-refractivity contribution is 9.10. The molecule has 0 radical (unpaired) electrons. The number of rotatable bonds is 4. The molecule has 6 heteroatoms. The lowest BCUT2D eigenvalue weighted by molar-refractivity contribution is 0.100. The SMILES string of the molecule is CC(Nc1ncc(N)cc1C(N)=O)c1ccc(Br)cc1. The Bertz CT molecular complexity index is 628. The number of nitrogens with two attached hydrogens (primary N) is 2. The fourth-order valence-electron chi connectivity index (χ4n) is 1.82. The van der Waals surface area contributed by atoms with Crippen molar-refractivity contribution in [3.8, 4) is 0 Å². The Morgan fingerprint density at radius 1 is 1.35 bits per heavy atom. The predicted octanol–water partition coefficient (Wildman–Crippen LogP) is 2.70. The molecular weight excluding hydrogens is 320 g/mol. The van der Waals surface area contributed by atoms with Crippen molar-refractivity contribution in [2.75, 3.05) is 11.1 Å². The second-order valence-corrected chi connectivity index (χ2v) is 5.36. The van der Waals surface area contributed by atoms with E-state index in [2.05, 4.69) is 26.2 Å². The molecule has 0 spiro atoms. The zero-order valence-corrected chi connectivity index (χ0v) is 12.5. The Balaban J connectivity index is 2.25. The molecule has 2 rings (SSSR count). The molecule has 0 aliphatic rings. The third-order valence-electron chi connectivity index (χ3n) is 2.90. The highest BCUT2D eigenvalue weighted by Gasteiger charge is 2.13. The summed E-state index contributed by atoms with van der Waals surface area (Å²) in [7, 11) is 0. The molecule has 1 atom stereocenters. The first-order chi connectivity index (χ1) is 9.47. The molecule has 1 aromatic heterocycles. The Labute approximate surface area is 125 Å². The number of halogens is 1. The fraction of sp³-hybridized carbons (Fsp3) is 0.143. The lowest BCUT2D eigenvalue weighted by Gasteiger charge is -2.17. The highest BCUT2D eigenvalue weighted by Crippen LogP contribution is 2.23. The van der Waals surface area contributed by atoms with Gasteiger partial charge in [-0.25, -0.2) is 4.98 Å². The summed E-state index contributed by atoms with van der Waals surface area (Å²) < 4.78 is 1.01. The minimum Gasteiger partial charge on any atom is -0.397 e. The summed E-state index contributed by atoms with van der Waals surface area (Å²) in [5, 5.41) is 3.17. The molecule has 1 amide bonds. The van der Waals surface area contributed by atoms with Gasteiger partial charge in [0.25, 0.3) is 5.91 Å². The zero-order chi connectivity index (χ0) is 14.7. The van der Waals surface area contributed by atoms with Crippen molar-refractivity contribution in [2.24, 2.45) is 5.73 Å². The van der Waals surface area contributed by atoms with Gasteiger partial charge in [0.2, 0.25) is 0 Å². The van der Waals surface area contributed by atoms with Gasteiger partial charge in [-0.3, -0.25) is 4.79 Å². The minimum absolute atomic E-state index is 0.0164. The van der Waals surface area contributed by atoms with Gasteiger partial charge in [0.15, 0.2) is 0 Å². The number of nitrogens with one attached hydrogen (secondary N) is 1. The van der Waals surface area contributed by atoms with E-state index >= 15 is 0 Å². The van der Waals surface area contributed by atoms with Gasteiger partial charge in [-0.1, -0.05) is 28.1 Å². The van der Waals surface area contributed by atoms with Crippen LogP contribution in [0.1, 0.15) is 28.9 Å². The number of primary amides is 1. The normalized spacial score (nSPS) is 11.9. The number of nitrogen functional groups attached to an aromatic ring is 1. The Hall–Kier alpha value is -2.08. The molecule has 20 heavy (non-hydrogen) atoms. The topological polar surface area (TPSA) is 94.0 Å². The molecule has 0 saturated heterocycles. The second-order valence-electron chi connectivity index (χ2n) is 4.45. The van der Waals surface area contributed by atoms with Crippen molar-refractivity contribution in [2.45, 2.75) is 13.0 Å². The van der Waals surface area contributed by atoms with Crippen molar-refractivity contribution >= 4 is 33.3 Å². The Morgan fingerprint density at radius 2 is 2.00 bits per heavy atom. The van der Waals surface area contributed by atoms with Crippen LogP contribution in [-0.2, 0) is 0 Å². The third kappa shape index (κ3) is 3.27. The number of nitrogens with zero attached hydrogens (tertiary/aromatic N) is 1. The van der Waals surface area contributed by atoms with E-state index in [1.165, 1.54) is 12.3 Å². The monoisotopic (exact) mass is 334 g/mol. The van der Waals surface area contributed by atoms with Crippen LogP contribution < -0.4 is 16.8 Å². The van der Waals surface area contributed by atoms with E-state index in [1.807, 2.05) is 31.2 Å². The van der Waals surface area contributed by atoms with Crippen LogP contribution in [0.15, 0.2) is 41.0 Å². The first-order valence-electron chi connectivity index (χ1n) is 6.04. The maximum Gasteiger partial charge on any atom is 0.252 e. The molecule has 0 saturated carbocycles. The first kappa shape index (κ1) is 14.3. The van der Waals surface area contributed by atoms with Crippen LogP contribution in [0, 0.1) is 0 Å². The summed E-state index contributed by atoms with van der Waals surface area (Å²) in [5.74, 6) is -0.127. The van der Waals surface area contributed by atoms with E-state index in [9.17, 15) is 4.79 Å². The minimum atomic E-state index is -0.560. The molecular formula is C14H15BrN4O. The molecule has 0 fully saturated rings. The van der Waals surface area contributed by atoms with E-state index in [-0.39, 0.29) is 11.6 Å². The van der Waals surface area contributed by atoms with Crippen LogP contribution >= 0.6 is 15.9 Å². The van der Waals surface area contributed by atoms with Gasteiger partial charge in [0.1, 0.15) is 5.82 Å². The van der Waals surface area contributed by atoms with Crippen LogP contribution in [0.25, 0.3) is 0 Å². The Kier molecular flexibility index (Phi) is 4.24. The number of carbonyl (C=O) groups is 1. The molecule has 1 unspecified atom stereocenters. The van der Waals surface area contributed by atoms with Gasteiger partial charge in [0, 0.05) is 10.5 Å². The molecule has 1 heterocycles. The summed E-state index contributed by atoms with van der Waals surface area (Å²) in [6, 6.07) is 9.40. The molecule has 0 aliphatic carbocycles. The molecule has 1 aromatic carbocycles. The van der Waals surface area contributed by atoms with Crippen molar-refractivity contribution in [1.82, 2.24) is 4.98 Å². The largest absolute Gasteiger partial charge is 0.397 e. The van der Waals surface area contributed by atoms with Crippen molar-refractivity contribution < 1.29 is 4.79 Å². The molecule has 0 aliphatic heterocycles. The summed E-state index contributed by atoms with van der Waals surface area (Å²) in [6.07, 6.45) is 1.49. The maximum absolute atomic E-state index is 11.4. The summed E-state index contributed by atoms with van der Waals surface area (Å²) in [4.78, 5) is 15.6. The van der Waals surface area contributed by atoms with Crippen LogP contribution in [0.3, 0.4) is 0 Å². The average molecular weight is 335 g/mol. The maximum atomic E-state index is 11.4.